The highest BCUT2D eigenvalue weighted by Crippen LogP contribution is 2.16. The van der Waals surface area contributed by atoms with Crippen molar-refractivity contribution in [1.82, 2.24) is 15.5 Å². The largest absolute Gasteiger partial charge is 0.486 e. The van der Waals surface area contributed by atoms with Gasteiger partial charge in [0.1, 0.15) is 12.6 Å². The smallest absolute Gasteiger partial charge is 0.243 e. The number of guanidine groups is 1. The molecule has 164 valence electrons. The van der Waals surface area contributed by atoms with Crippen molar-refractivity contribution < 1.29 is 13.9 Å². The van der Waals surface area contributed by atoms with Crippen LogP contribution in [0.4, 0.5) is 4.39 Å². The summed E-state index contributed by atoms with van der Waals surface area (Å²) < 4.78 is 19.4. The first-order valence-corrected chi connectivity index (χ1v) is 9.63. The Morgan fingerprint density at radius 2 is 1.77 bits per heavy atom. The van der Waals surface area contributed by atoms with Gasteiger partial charge < -0.3 is 20.3 Å². The van der Waals surface area contributed by atoms with Gasteiger partial charge in [0.05, 0.1) is 6.54 Å². The topological polar surface area (TPSA) is 66.0 Å². The summed E-state index contributed by atoms with van der Waals surface area (Å²) in [6, 6.07) is 16.4. The van der Waals surface area contributed by atoms with Gasteiger partial charge in [-0.25, -0.2) is 9.38 Å². The minimum absolute atomic E-state index is 0. The van der Waals surface area contributed by atoms with E-state index in [0.29, 0.717) is 19.0 Å². The summed E-state index contributed by atoms with van der Waals surface area (Å²) in [6.07, 6.45) is 0.530. The minimum Gasteiger partial charge on any atom is -0.486 e. The molecule has 0 aromatic heterocycles. The lowest BCUT2D eigenvalue weighted by molar-refractivity contribution is -0.127. The molecule has 0 spiro atoms. The molecule has 6 nitrogen and oxygen atoms in total. The van der Waals surface area contributed by atoms with Crippen LogP contribution in [0, 0.1) is 5.82 Å². The Labute approximate surface area is 194 Å². The number of ether oxygens (including phenoxy) is 1. The summed E-state index contributed by atoms with van der Waals surface area (Å²) in [7, 11) is 3.39. The molecule has 0 aliphatic rings. The summed E-state index contributed by atoms with van der Waals surface area (Å²) >= 11 is 0. The Kier molecular flexibility index (Phi) is 11.8. The normalized spacial score (nSPS) is 11.8. The predicted molar refractivity (Wildman–Crippen MR) is 129 cm³/mol. The van der Waals surface area contributed by atoms with Crippen LogP contribution in [-0.4, -0.2) is 56.6 Å². The molecule has 2 aromatic rings. The molecule has 0 aliphatic heterocycles. The number of nitrogens with zero attached hydrogens (tertiary/aromatic N) is 2. The molecule has 8 heteroatoms. The van der Waals surface area contributed by atoms with E-state index < -0.39 is 5.82 Å². The summed E-state index contributed by atoms with van der Waals surface area (Å²) in [4.78, 5) is 17.7. The van der Waals surface area contributed by atoms with Crippen molar-refractivity contribution in [1.29, 1.82) is 0 Å². The summed E-state index contributed by atoms with van der Waals surface area (Å²) in [5.41, 5.74) is 1.21. The summed E-state index contributed by atoms with van der Waals surface area (Å²) in [5, 5.41) is 6.39. The van der Waals surface area contributed by atoms with E-state index >= 15 is 0 Å². The van der Waals surface area contributed by atoms with Crippen LogP contribution in [0.25, 0.3) is 0 Å². The number of hydrogen-bond donors (Lipinski definition) is 2. The molecular weight excluding hydrogens is 498 g/mol. The van der Waals surface area contributed by atoms with E-state index in [2.05, 4.69) is 27.8 Å². The van der Waals surface area contributed by atoms with E-state index in [1.54, 1.807) is 32.3 Å². The van der Waals surface area contributed by atoms with Crippen molar-refractivity contribution in [3.8, 4) is 5.75 Å². The Balaban J connectivity index is 0.00000450. The first-order chi connectivity index (χ1) is 14.0. The third-order valence-corrected chi connectivity index (χ3v) is 4.14. The number of halogens is 2. The molecule has 2 rings (SSSR count). The van der Waals surface area contributed by atoms with Gasteiger partial charge in [0.25, 0.3) is 0 Å². The second-order valence-corrected chi connectivity index (χ2v) is 6.86. The first-order valence-electron chi connectivity index (χ1n) is 9.63. The van der Waals surface area contributed by atoms with Gasteiger partial charge in [-0.3, -0.25) is 4.79 Å². The molecule has 0 heterocycles. The van der Waals surface area contributed by atoms with Gasteiger partial charge >= 0.3 is 0 Å². The van der Waals surface area contributed by atoms with Gasteiger partial charge in [-0.05, 0) is 31.0 Å². The van der Waals surface area contributed by atoms with E-state index in [1.165, 1.54) is 16.5 Å². The molecule has 0 saturated carbocycles. The standard InChI is InChI=1S/C22H29FN4O2.HI/c1-17(29-20-12-8-7-11-19(20)23)15-25-22(26-16-21(28)27(2)3)24-14-13-18-9-5-4-6-10-18;/h4-12,17H,13-16H2,1-3H3,(H2,24,25,26);1H. The van der Waals surface area contributed by atoms with Crippen molar-refractivity contribution in [3.05, 3.63) is 66.0 Å². The third kappa shape index (κ3) is 9.43. The SMILES string of the molecule is CC(CNC(=NCC(=O)N(C)C)NCCc1ccccc1)Oc1ccccc1F.I. The second kappa shape index (κ2) is 13.8. The number of hydrogen-bond acceptors (Lipinski definition) is 3. The lowest BCUT2D eigenvalue weighted by atomic mass is 10.1. The molecule has 0 bridgehead atoms. The number of carbonyl (C=O) groups excluding carboxylic acids is 1. The maximum absolute atomic E-state index is 13.7. The van der Waals surface area contributed by atoms with Crippen molar-refractivity contribution >= 4 is 35.8 Å². The van der Waals surface area contributed by atoms with Crippen LogP contribution < -0.4 is 15.4 Å². The number of nitrogens with one attached hydrogen (secondary N) is 2. The van der Waals surface area contributed by atoms with Crippen LogP contribution in [0.3, 0.4) is 0 Å². The quantitative estimate of drug-likeness (QED) is 0.299. The Hall–Kier alpha value is -2.36. The zero-order valence-electron chi connectivity index (χ0n) is 17.6. The highest BCUT2D eigenvalue weighted by molar-refractivity contribution is 14.0. The van der Waals surface area contributed by atoms with Crippen LogP contribution in [0.1, 0.15) is 12.5 Å². The van der Waals surface area contributed by atoms with Crippen LogP contribution >= 0.6 is 24.0 Å². The van der Waals surface area contributed by atoms with E-state index in [9.17, 15) is 9.18 Å². The Bertz CT molecular complexity index is 803. The minimum atomic E-state index is -0.397. The summed E-state index contributed by atoms with van der Waals surface area (Å²) in [5.74, 6) is 0.232. The average molecular weight is 528 g/mol. The number of amides is 1. The molecule has 0 radical (unpaired) electrons. The van der Waals surface area contributed by atoms with E-state index in [-0.39, 0.29) is 48.3 Å². The van der Waals surface area contributed by atoms with E-state index in [0.717, 1.165) is 6.42 Å². The van der Waals surface area contributed by atoms with Gasteiger partial charge in [-0.15, -0.1) is 24.0 Å². The predicted octanol–water partition coefficient (Wildman–Crippen LogP) is 3.08. The number of benzene rings is 2. The fourth-order valence-electron chi connectivity index (χ4n) is 2.47. The lowest BCUT2D eigenvalue weighted by Crippen LogP contribution is -2.43. The Morgan fingerprint density at radius 1 is 1.10 bits per heavy atom. The number of likely N-dealkylation sites (N-methyl/N-ethyl adjacent to an activating group) is 1. The monoisotopic (exact) mass is 528 g/mol. The van der Waals surface area contributed by atoms with Crippen molar-refractivity contribution in [2.75, 3.05) is 33.7 Å². The number of aliphatic imine (C=N–C) groups is 1. The lowest BCUT2D eigenvalue weighted by Gasteiger charge is -2.18. The van der Waals surface area contributed by atoms with Gasteiger partial charge in [-0.2, -0.15) is 0 Å². The fraction of sp³-hybridized carbons (Fsp3) is 0.364. The fourth-order valence-corrected chi connectivity index (χ4v) is 2.47. The Morgan fingerprint density at radius 3 is 2.43 bits per heavy atom. The maximum atomic E-state index is 13.7. The van der Waals surface area contributed by atoms with Crippen LogP contribution in [0.5, 0.6) is 5.75 Å². The number of para-hydroxylation sites is 1. The van der Waals surface area contributed by atoms with Gasteiger partial charge in [0.2, 0.25) is 5.91 Å². The van der Waals surface area contributed by atoms with Crippen molar-refractivity contribution in [3.63, 3.8) is 0 Å². The maximum Gasteiger partial charge on any atom is 0.243 e. The molecule has 1 atom stereocenters. The first kappa shape index (κ1) is 25.7. The molecule has 0 aliphatic carbocycles. The van der Waals surface area contributed by atoms with Crippen LogP contribution in [-0.2, 0) is 11.2 Å². The molecule has 0 fully saturated rings. The second-order valence-electron chi connectivity index (χ2n) is 6.86. The van der Waals surface area contributed by atoms with Crippen LogP contribution in [0.15, 0.2) is 59.6 Å². The van der Waals surface area contributed by atoms with Gasteiger partial charge in [-0.1, -0.05) is 42.5 Å². The summed E-state index contributed by atoms with van der Waals surface area (Å²) in [6.45, 7) is 2.94. The number of rotatable bonds is 9. The van der Waals surface area contributed by atoms with E-state index in [4.69, 9.17) is 4.74 Å². The zero-order valence-corrected chi connectivity index (χ0v) is 19.9. The molecule has 2 aromatic carbocycles. The molecule has 0 saturated heterocycles. The van der Waals surface area contributed by atoms with E-state index in [1.807, 2.05) is 25.1 Å². The highest BCUT2D eigenvalue weighted by Gasteiger charge is 2.10. The zero-order chi connectivity index (χ0) is 21.1. The molecule has 1 unspecified atom stereocenters. The van der Waals surface area contributed by atoms with Crippen LogP contribution in [0.2, 0.25) is 0 Å². The third-order valence-electron chi connectivity index (χ3n) is 4.14. The molecule has 30 heavy (non-hydrogen) atoms. The van der Waals surface area contributed by atoms with Gasteiger partial charge in [0.15, 0.2) is 17.5 Å². The van der Waals surface area contributed by atoms with Crippen molar-refractivity contribution in [2.45, 2.75) is 19.4 Å². The highest BCUT2D eigenvalue weighted by atomic mass is 127. The number of carbonyl (C=O) groups is 1. The molecule has 1 amide bonds. The molecule has 2 N–H and O–H groups in total. The van der Waals surface area contributed by atoms with Crippen molar-refractivity contribution in [2.24, 2.45) is 4.99 Å². The molecular formula is C22H30FIN4O2. The van der Waals surface area contributed by atoms with Gasteiger partial charge in [0, 0.05) is 20.6 Å². The average Bonchev–Trinajstić information content (AvgIpc) is 2.71.